The fourth-order valence-electron chi connectivity index (χ4n) is 2.20. The van der Waals surface area contributed by atoms with E-state index in [-0.39, 0.29) is 17.4 Å². The molecule has 0 aliphatic rings. The molecule has 0 aromatic heterocycles. The first-order valence-corrected chi connectivity index (χ1v) is 8.41. The smallest absolute Gasteiger partial charge is 0.305 e. The maximum atomic E-state index is 12.1. The fourth-order valence-corrected chi connectivity index (χ4v) is 2.20. The van der Waals surface area contributed by atoms with Crippen molar-refractivity contribution in [1.82, 2.24) is 0 Å². The predicted molar refractivity (Wildman–Crippen MR) is 99.2 cm³/mol. The molecule has 0 spiro atoms. The SMILES string of the molecule is CCCC(=O)OCC.Cc1cc(C(=O)c2ccccc2)ccc1[N+](=O)[O-]. The van der Waals surface area contributed by atoms with Crippen LogP contribution in [0, 0.1) is 17.0 Å². The summed E-state index contributed by atoms with van der Waals surface area (Å²) in [7, 11) is 0. The maximum Gasteiger partial charge on any atom is 0.305 e. The van der Waals surface area contributed by atoms with E-state index in [0.717, 1.165) is 6.42 Å². The standard InChI is InChI=1S/C14H11NO3.C6H12O2/c1-10-9-12(7-8-13(10)15(17)18)14(16)11-5-3-2-4-6-11;1-3-5-6(7)8-4-2/h2-9H,1H3;3-5H2,1-2H3. The number of carbonyl (C=O) groups is 2. The summed E-state index contributed by atoms with van der Waals surface area (Å²) in [5.74, 6) is -0.219. The van der Waals surface area contributed by atoms with Crippen LogP contribution in [0.1, 0.15) is 48.2 Å². The molecule has 0 atom stereocenters. The van der Waals surface area contributed by atoms with E-state index in [0.29, 0.717) is 29.7 Å². The Labute approximate surface area is 153 Å². The van der Waals surface area contributed by atoms with Gasteiger partial charge in [0.15, 0.2) is 5.78 Å². The van der Waals surface area contributed by atoms with Gasteiger partial charge in [-0.2, -0.15) is 0 Å². The number of hydrogen-bond donors (Lipinski definition) is 0. The lowest BCUT2D eigenvalue weighted by Crippen LogP contribution is -2.02. The monoisotopic (exact) mass is 357 g/mol. The van der Waals surface area contributed by atoms with Crippen molar-refractivity contribution >= 4 is 17.4 Å². The van der Waals surface area contributed by atoms with Gasteiger partial charge >= 0.3 is 5.97 Å². The zero-order chi connectivity index (χ0) is 19.5. The van der Waals surface area contributed by atoms with E-state index in [2.05, 4.69) is 4.74 Å². The number of hydrogen-bond acceptors (Lipinski definition) is 5. The summed E-state index contributed by atoms with van der Waals surface area (Å²) in [6.07, 6.45) is 1.42. The molecule has 2 rings (SSSR count). The number of rotatable bonds is 6. The van der Waals surface area contributed by atoms with Gasteiger partial charge in [0, 0.05) is 29.2 Å². The van der Waals surface area contributed by atoms with Gasteiger partial charge in [-0.1, -0.05) is 37.3 Å². The van der Waals surface area contributed by atoms with E-state index in [1.165, 1.54) is 12.1 Å². The molecule has 138 valence electrons. The minimum Gasteiger partial charge on any atom is -0.466 e. The Kier molecular flexibility index (Phi) is 8.70. The van der Waals surface area contributed by atoms with Gasteiger partial charge < -0.3 is 4.74 Å². The van der Waals surface area contributed by atoms with Gasteiger partial charge in [-0.3, -0.25) is 19.7 Å². The van der Waals surface area contributed by atoms with Crippen molar-refractivity contribution in [3.05, 3.63) is 75.3 Å². The first kappa shape index (κ1) is 21.0. The molecule has 2 aromatic carbocycles. The van der Waals surface area contributed by atoms with Crippen LogP contribution in [0.2, 0.25) is 0 Å². The third-order valence-electron chi connectivity index (χ3n) is 3.45. The molecule has 0 amide bonds. The van der Waals surface area contributed by atoms with Gasteiger partial charge in [-0.05, 0) is 32.4 Å². The van der Waals surface area contributed by atoms with Crippen molar-refractivity contribution < 1.29 is 19.2 Å². The minimum absolute atomic E-state index is 0.0274. The van der Waals surface area contributed by atoms with Crippen LogP contribution in [-0.4, -0.2) is 23.3 Å². The normalized spacial score (nSPS) is 9.65. The highest BCUT2D eigenvalue weighted by Gasteiger charge is 2.14. The first-order chi connectivity index (χ1) is 12.4. The molecule has 0 aliphatic carbocycles. The second-order valence-corrected chi connectivity index (χ2v) is 5.51. The molecule has 0 saturated heterocycles. The molecule has 6 nitrogen and oxygen atoms in total. The van der Waals surface area contributed by atoms with Crippen molar-refractivity contribution in [1.29, 1.82) is 0 Å². The fraction of sp³-hybridized carbons (Fsp3) is 0.300. The van der Waals surface area contributed by atoms with Gasteiger partial charge in [0.25, 0.3) is 5.69 Å². The Hall–Kier alpha value is -3.02. The summed E-state index contributed by atoms with van der Waals surface area (Å²) in [4.78, 5) is 32.8. The van der Waals surface area contributed by atoms with Crippen LogP contribution in [0.4, 0.5) is 5.69 Å². The third kappa shape index (κ3) is 6.47. The molecule has 0 heterocycles. The van der Waals surface area contributed by atoms with Crippen molar-refractivity contribution in [2.45, 2.75) is 33.6 Å². The Morgan fingerprint density at radius 3 is 2.19 bits per heavy atom. The zero-order valence-corrected chi connectivity index (χ0v) is 15.2. The van der Waals surface area contributed by atoms with Crippen LogP contribution in [0.5, 0.6) is 0 Å². The molecule has 2 aromatic rings. The highest BCUT2D eigenvalue weighted by molar-refractivity contribution is 6.09. The Balaban J connectivity index is 0.000000359. The molecular formula is C20H23NO5. The number of carbonyl (C=O) groups excluding carboxylic acids is 2. The molecule has 0 saturated carbocycles. The van der Waals surface area contributed by atoms with Crippen LogP contribution in [0.3, 0.4) is 0 Å². The molecule has 6 heteroatoms. The summed E-state index contributed by atoms with van der Waals surface area (Å²) in [6, 6.07) is 13.2. The average molecular weight is 357 g/mol. The summed E-state index contributed by atoms with van der Waals surface area (Å²) in [5.41, 5.74) is 1.55. The van der Waals surface area contributed by atoms with Crippen molar-refractivity contribution in [2.75, 3.05) is 6.61 Å². The lowest BCUT2D eigenvalue weighted by Gasteiger charge is -2.03. The maximum absolute atomic E-state index is 12.1. The first-order valence-electron chi connectivity index (χ1n) is 8.41. The second kappa shape index (κ2) is 10.8. The van der Waals surface area contributed by atoms with E-state index in [4.69, 9.17) is 0 Å². The Bertz CT molecular complexity index is 748. The minimum atomic E-state index is -0.452. The summed E-state index contributed by atoms with van der Waals surface area (Å²) in [5, 5.41) is 10.7. The number of ether oxygens (including phenoxy) is 1. The predicted octanol–water partition coefficient (Wildman–Crippen LogP) is 4.48. The molecule has 0 unspecified atom stereocenters. The van der Waals surface area contributed by atoms with Crippen LogP contribution >= 0.6 is 0 Å². The highest BCUT2D eigenvalue weighted by atomic mass is 16.6. The molecule has 26 heavy (non-hydrogen) atoms. The Morgan fingerprint density at radius 1 is 1.04 bits per heavy atom. The van der Waals surface area contributed by atoms with Crippen molar-refractivity contribution in [3.63, 3.8) is 0 Å². The van der Waals surface area contributed by atoms with E-state index < -0.39 is 4.92 Å². The average Bonchev–Trinajstić information content (AvgIpc) is 2.62. The molecule has 0 bridgehead atoms. The lowest BCUT2D eigenvalue weighted by atomic mass is 10.0. The topological polar surface area (TPSA) is 86.5 Å². The highest BCUT2D eigenvalue weighted by Crippen LogP contribution is 2.20. The number of nitrogens with zero attached hydrogens (tertiary/aromatic N) is 1. The molecule has 0 fully saturated rings. The van der Waals surface area contributed by atoms with Crippen molar-refractivity contribution in [3.8, 4) is 0 Å². The lowest BCUT2D eigenvalue weighted by molar-refractivity contribution is -0.385. The molecule has 0 N–H and O–H groups in total. The second-order valence-electron chi connectivity index (χ2n) is 5.51. The van der Waals surface area contributed by atoms with E-state index >= 15 is 0 Å². The van der Waals surface area contributed by atoms with Gasteiger partial charge in [0.1, 0.15) is 0 Å². The van der Waals surface area contributed by atoms with Gasteiger partial charge in [-0.15, -0.1) is 0 Å². The number of nitro benzene ring substituents is 1. The number of ketones is 1. The number of benzene rings is 2. The van der Waals surface area contributed by atoms with Crippen molar-refractivity contribution in [2.24, 2.45) is 0 Å². The van der Waals surface area contributed by atoms with Crippen LogP contribution < -0.4 is 0 Å². The Morgan fingerprint density at radius 2 is 1.69 bits per heavy atom. The van der Waals surface area contributed by atoms with E-state index in [1.807, 2.05) is 19.9 Å². The van der Waals surface area contributed by atoms with Gasteiger partial charge in [0.05, 0.1) is 11.5 Å². The number of nitro groups is 1. The largest absolute Gasteiger partial charge is 0.466 e. The number of aryl methyl sites for hydroxylation is 1. The summed E-state index contributed by atoms with van der Waals surface area (Å²) < 4.78 is 4.64. The summed E-state index contributed by atoms with van der Waals surface area (Å²) in [6.45, 7) is 5.89. The van der Waals surface area contributed by atoms with Crippen LogP contribution in [0.15, 0.2) is 48.5 Å². The van der Waals surface area contributed by atoms with Gasteiger partial charge in [-0.25, -0.2) is 0 Å². The zero-order valence-electron chi connectivity index (χ0n) is 15.2. The van der Waals surface area contributed by atoms with Crippen LogP contribution in [0.25, 0.3) is 0 Å². The van der Waals surface area contributed by atoms with Gasteiger partial charge in [0.2, 0.25) is 0 Å². The third-order valence-corrected chi connectivity index (χ3v) is 3.45. The quantitative estimate of drug-likeness (QED) is 0.329. The van der Waals surface area contributed by atoms with E-state index in [1.54, 1.807) is 37.3 Å². The molecule has 0 radical (unpaired) electrons. The number of esters is 1. The molecule has 0 aliphatic heterocycles. The van der Waals surface area contributed by atoms with Crippen LogP contribution in [-0.2, 0) is 9.53 Å². The summed E-state index contributed by atoms with van der Waals surface area (Å²) >= 11 is 0. The molecular weight excluding hydrogens is 334 g/mol. The van der Waals surface area contributed by atoms with E-state index in [9.17, 15) is 19.7 Å².